The van der Waals surface area contributed by atoms with E-state index in [2.05, 4.69) is 17.2 Å². The Morgan fingerprint density at radius 3 is 2.52 bits per heavy atom. The second-order valence-corrected chi connectivity index (χ2v) is 9.45. The zero-order valence-electron chi connectivity index (χ0n) is 18.1. The molecule has 1 saturated carbocycles. The standard InChI is InChI=1S/C22H35N3O4/c1-6-8-9-16(19(27)21(29)23-10-7-2)24-20(28)18-15-11-14(15)13-25(18)17(26)12-22(3,4)5/h7,14-16,18H,2,6,8-13H2,1,3-5H3,(H,23,29)(H,24,28). The predicted molar refractivity (Wildman–Crippen MR) is 111 cm³/mol. The lowest BCUT2D eigenvalue weighted by atomic mass is 9.91. The molecule has 0 bridgehead atoms. The van der Waals surface area contributed by atoms with Gasteiger partial charge in [-0.2, -0.15) is 0 Å². The number of hydrogen-bond donors (Lipinski definition) is 2. The van der Waals surface area contributed by atoms with Crippen LogP contribution in [-0.2, 0) is 19.2 Å². The number of nitrogens with zero attached hydrogens (tertiary/aromatic N) is 1. The van der Waals surface area contributed by atoms with Gasteiger partial charge in [0.2, 0.25) is 17.6 Å². The van der Waals surface area contributed by atoms with Crippen LogP contribution in [0.2, 0.25) is 0 Å². The number of ketones is 1. The fourth-order valence-corrected chi connectivity index (χ4v) is 3.96. The van der Waals surface area contributed by atoms with Crippen molar-refractivity contribution in [1.29, 1.82) is 0 Å². The fraction of sp³-hybridized carbons (Fsp3) is 0.727. The van der Waals surface area contributed by atoms with Crippen molar-refractivity contribution in [1.82, 2.24) is 15.5 Å². The Labute approximate surface area is 173 Å². The van der Waals surface area contributed by atoms with Crippen LogP contribution in [-0.4, -0.2) is 53.6 Å². The third kappa shape index (κ3) is 6.15. The topological polar surface area (TPSA) is 95.6 Å². The Morgan fingerprint density at radius 1 is 1.24 bits per heavy atom. The Bertz CT molecular complexity index is 667. The van der Waals surface area contributed by atoms with Gasteiger partial charge in [0.15, 0.2) is 0 Å². The largest absolute Gasteiger partial charge is 0.346 e. The number of Topliss-reactive ketones (excluding diaryl/α,β-unsaturated/α-hetero) is 1. The molecule has 1 saturated heterocycles. The second kappa shape index (κ2) is 9.55. The number of likely N-dealkylation sites (tertiary alicyclic amines) is 1. The molecule has 2 rings (SSSR count). The van der Waals surface area contributed by atoms with E-state index < -0.39 is 23.8 Å². The van der Waals surface area contributed by atoms with Gasteiger partial charge < -0.3 is 15.5 Å². The molecule has 2 N–H and O–H groups in total. The van der Waals surface area contributed by atoms with Gasteiger partial charge in [0.1, 0.15) is 6.04 Å². The van der Waals surface area contributed by atoms with Gasteiger partial charge >= 0.3 is 0 Å². The maximum Gasteiger partial charge on any atom is 0.289 e. The maximum absolute atomic E-state index is 13.1. The number of nitrogens with one attached hydrogen (secondary N) is 2. The van der Waals surface area contributed by atoms with Crippen LogP contribution in [0.1, 0.15) is 59.8 Å². The zero-order chi connectivity index (χ0) is 21.8. The molecule has 4 atom stereocenters. The number of piperidine rings is 1. The molecule has 4 unspecified atom stereocenters. The average Bonchev–Trinajstić information content (AvgIpc) is 3.30. The number of carbonyl (C=O) groups is 4. The third-order valence-electron chi connectivity index (χ3n) is 5.53. The van der Waals surface area contributed by atoms with Crippen molar-refractivity contribution < 1.29 is 19.2 Å². The number of carbonyl (C=O) groups excluding carboxylic acids is 4. The number of amides is 3. The summed E-state index contributed by atoms with van der Waals surface area (Å²) in [7, 11) is 0. The molecule has 0 radical (unpaired) electrons. The Balaban J connectivity index is 2.08. The van der Waals surface area contributed by atoms with E-state index in [1.807, 2.05) is 27.7 Å². The second-order valence-electron chi connectivity index (χ2n) is 9.45. The van der Waals surface area contributed by atoms with Crippen LogP contribution in [0.3, 0.4) is 0 Å². The van der Waals surface area contributed by atoms with Gasteiger partial charge in [-0.15, -0.1) is 6.58 Å². The molecule has 0 aromatic carbocycles. The molecule has 29 heavy (non-hydrogen) atoms. The fourth-order valence-electron chi connectivity index (χ4n) is 3.96. The molecular weight excluding hydrogens is 370 g/mol. The molecule has 3 amide bonds. The highest BCUT2D eigenvalue weighted by atomic mass is 16.2. The van der Waals surface area contributed by atoms with Crippen LogP contribution in [0, 0.1) is 17.3 Å². The van der Waals surface area contributed by atoms with Crippen molar-refractivity contribution in [2.45, 2.75) is 71.9 Å². The lowest BCUT2D eigenvalue weighted by Gasteiger charge is -2.30. The van der Waals surface area contributed by atoms with Gasteiger partial charge in [-0.3, -0.25) is 19.2 Å². The number of fused-ring (bicyclic) bond motifs is 1. The summed E-state index contributed by atoms with van der Waals surface area (Å²) >= 11 is 0. The van der Waals surface area contributed by atoms with Crippen LogP contribution >= 0.6 is 0 Å². The highest BCUT2D eigenvalue weighted by Gasteiger charge is 2.57. The first-order valence-corrected chi connectivity index (χ1v) is 10.6. The van der Waals surface area contributed by atoms with E-state index in [0.717, 1.165) is 19.3 Å². The lowest BCUT2D eigenvalue weighted by Crippen LogP contribution is -2.54. The van der Waals surface area contributed by atoms with Crippen LogP contribution in [0.15, 0.2) is 12.7 Å². The van der Waals surface area contributed by atoms with Gasteiger partial charge in [0.05, 0.1) is 6.04 Å². The molecular formula is C22H35N3O4. The van der Waals surface area contributed by atoms with E-state index in [9.17, 15) is 19.2 Å². The van der Waals surface area contributed by atoms with E-state index in [1.165, 1.54) is 6.08 Å². The zero-order valence-corrected chi connectivity index (χ0v) is 18.1. The van der Waals surface area contributed by atoms with Crippen molar-refractivity contribution in [3.05, 3.63) is 12.7 Å². The minimum absolute atomic E-state index is 0.0231. The monoisotopic (exact) mass is 405 g/mol. The third-order valence-corrected chi connectivity index (χ3v) is 5.53. The van der Waals surface area contributed by atoms with Gasteiger partial charge in [0.25, 0.3) is 5.91 Å². The van der Waals surface area contributed by atoms with Gasteiger partial charge in [0, 0.05) is 19.5 Å². The smallest absolute Gasteiger partial charge is 0.289 e. The van der Waals surface area contributed by atoms with Crippen molar-refractivity contribution >= 4 is 23.5 Å². The number of rotatable bonds is 10. The summed E-state index contributed by atoms with van der Waals surface area (Å²) in [5.74, 6) is -1.17. The van der Waals surface area contributed by atoms with Crippen molar-refractivity contribution in [3.63, 3.8) is 0 Å². The Hall–Kier alpha value is -2.18. The summed E-state index contributed by atoms with van der Waals surface area (Å²) in [5.41, 5.74) is -0.159. The lowest BCUT2D eigenvalue weighted by molar-refractivity contribution is -0.143. The van der Waals surface area contributed by atoms with Crippen molar-refractivity contribution in [3.8, 4) is 0 Å². The molecule has 162 valence electrons. The molecule has 1 heterocycles. The van der Waals surface area contributed by atoms with E-state index in [-0.39, 0.29) is 29.7 Å². The van der Waals surface area contributed by atoms with E-state index in [0.29, 0.717) is 25.3 Å². The Kier molecular flexibility index (Phi) is 7.60. The van der Waals surface area contributed by atoms with Crippen LogP contribution in [0.5, 0.6) is 0 Å². The first kappa shape index (κ1) is 23.1. The number of hydrogen-bond acceptors (Lipinski definition) is 4. The molecule has 0 aromatic heterocycles. The summed E-state index contributed by atoms with van der Waals surface area (Å²) < 4.78 is 0. The number of unbranched alkanes of at least 4 members (excludes halogenated alkanes) is 1. The van der Waals surface area contributed by atoms with Crippen LogP contribution in [0.25, 0.3) is 0 Å². The molecule has 1 aliphatic carbocycles. The molecule has 0 aromatic rings. The Morgan fingerprint density at radius 2 is 1.93 bits per heavy atom. The highest BCUT2D eigenvalue weighted by molar-refractivity contribution is 6.38. The van der Waals surface area contributed by atoms with E-state index >= 15 is 0 Å². The van der Waals surface area contributed by atoms with Crippen molar-refractivity contribution in [2.24, 2.45) is 17.3 Å². The predicted octanol–water partition coefficient (Wildman–Crippen LogP) is 1.82. The summed E-state index contributed by atoms with van der Waals surface area (Å²) in [5, 5.41) is 5.27. The highest BCUT2D eigenvalue weighted by Crippen LogP contribution is 2.50. The quantitative estimate of drug-likeness (QED) is 0.428. The summed E-state index contributed by atoms with van der Waals surface area (Å²) in [4.78, 5) is 52.2. The SMILES string of the molecule is C=CCNC(=O)C(=O)C(CCCC)NC(=O)C1C2CC2CN1C(=O)CC(C)(C)C. The summed E-state index contributed by atoms with van der Waals surface area (Å²) in [6.07, 6.45) is 4.77. The van der Waals surface area contributed by atoms with Gasteiger partial charge in [-0.25, -0.2) is 0 Å². The molecule has 2 aliphatic rings. The van der Waals surface area contributed by atoms with Crippen LogP contribution in [0.4, 0.5) is 0 Å². The normalized spacial score (nSPS) is 23.7. The van der Waals surface area contributed by atoms with Gasteiger partial charge in [-0.1, -0.05) is 46.6 Å². The summed E-state index contributed by atoms with van der Waals surface area (Å²) in [6.45, 7) is 12.3. The molecule has 2 fully saturated rings. The minimum Gasteiger partial charge on any atom is -0.346 e. The maximum atomic E-state index is 13.1. The first-order chi connectivity index (χ1) is 13.6. The van der Waals surface area contributed by atoms with E-state index in [4.69, 9.17) is 0 Å². The minimum atomic E-state index is -0.871. The molecule has 7 heteroatoms. The molecule has 1 aliphatic heterocycles. The molecule has 7 nitrogen and oxygen atoms in total. The van der Waals surface area contributed by atoms with Gasteiger partial charge in [-0.05, 0) is 30.1 Å². The van der Waals surface area contributed by atoms with Crippen molar-refractivity contribution in [2.75, 3.05) is 13.1 Å². The van der Waals surface area contributed by atoms with E-state index in [1.54, 1.807) is 4.90 Å². The average molecular weight is 406 g/mol. The summed E-state index contributed by atoms with van der Waals surface area (Å²) in [6, 6.07) is -1.41. The first-order valence-electron chi connectivity index (χ1n) is 10.6. The molecule has 0 spiro atoms. The van der Waals surface area contributed by atoms with Crippen LogP contribution < -0.4 is 10.6 Å².